The first kappa shape index (κ1) is 30.5. The second-order valence-electron chi connectivity index (χ2n) is 11.4. The fraction of sp³-hybridized carbons (Fsp3) is 0.0227. The highest BCUT2D eigenvalue weighted by molar-refractivity contribution is 7.90. The van der Waals surface area contributed by atoms with Gasteiger partial charge in [-0.05, 0) is 63.5 Å². The highest BCUT2D eigenvalue weighted by atomic mass is 32.2. The molecular weight excluding hydrogens is 609 g/mol. The average molecular weight is 637 g/mol. The van der Waals surface area contributed by atoms with Gasteiger partial charge in [-0.25, -0.2) is 8.42 Å². The smallest absolute Gasteiger partial charge is 0.182 e. The zero-order chi connectivity index (χ0) is 32.9. The molecule has 7 aromatic rings. The van der Waals surface area contributed by atoms with Crippen molar-refractivity contribution in [2.24, 2.45) is 0 Å². The number of sulfone groups is 1. The van der Waals surface area contributed by atoms with E-state index in [1.807, 2.05) is 78.9 Å². The molecule has 0 saturated carbocycles. The van der Waals surface area contributed by atoms with Crippen molar-refractivity contribution >= 4 is 37.7 Å². The van der Waals surface area contributed by atoms with Crippen LogP contribution in [0.2, 0.25) is 0 Å². The van der Waals surface area contributed by atoms with Crippen molar-refractivity contribution in [2.75, 3.05) is 0 Å². The van der Waals surface area contributed by atoms with E-state index in [0.29, 0.717) is 22.3 Å². The summed E-state index contributed by atoms with van der Waals surface area (Å²) in [6.45, 7) is 0. The second-order valence-corrected chi connectivity index (χ2v) is 13.3. The van der Waals surface area contributed by atoms with Crippen LogP contribution in [0.25, 0.3) is 32.7 Å². The van der Waals surface area contributed by atoms with Gasteiger partial charge in [-0.15, -0.1) is 0 Å². The molecule has 0 aliphatic heterocycles. The van der Waals surface area contributed by atoms with Crippen molar-refractivity contribution in [1.29, 1.82) is 0 Å². The Morgan fingerprint density at radius 2 is 0.938 bits per heavy atom. The van der Waals surface area contributed by atoms with Crippen LogP contribution in [0.1, 0.15) is 38.2 Å². The van der Waals surface area contributed by atoms with Gasteiger partial charge in [-0.3, -0.25) is 4.79 Å². The van der Waals surface area contributed by atoms with Gasteiger partial charge >= 0.3 is 0 Å². The third-order valence-electron chi connectivity index (χ3n) is 8.32. The zero-order valence-corrected chi connectivity index (χ0v) is 26.7. The lowest BCUT2D eigenvalue weighted by molar-refractivity contribution is 0.112. The largest absolute Gasteiger partial charge is 0.298 e. The maximum Gasteiger partial charge on any atom is 0.182 e. The number of rotatable bonds is 5. The Morgan fingerprint density at radius 1 is 0.458 bits per heavy atom. The molecule has 0 radical (unpaired) electrons. The number of benzene rings is 7. The summed E-state index contributed by atoms with van der Waals surface area (Å²) in [5.74, 6) is 13.2. The molecule has 0 heterocycles. The van der Waals surface area contributed by atoms with E-state index < -0.39 is 9.84 Å². The SMILES string of the molecule is O=Cc1ccccc1C#Cc1ccc2ccccc2c1-c1c(C#Cc2ccccc2CS(=O)(=O)c2ccccc2)ccc2ccccc12. The molecular formula is C44H28O3S. The number of aldehydes is 1. The Morgan fingerprint density at radius 3 is 1.56 bits per heavy atom. The van der Waals surface area contributed by atoms with Gasteiger partial charge in [0.25, 0.3) is 0 Å². The Labute approximate surface area is 280 Å². The molecule has 7 aromatic carbocycles. The minimum Gasteiger partial charge on any atom is -0.298 e. The van der Waals surface area contributed by atoms with Crippen molar-refractivity contribution in [1.82, 2.24) is 0 Å². The van der Waals surface area contributed by atoms with Gasteiger partial charge in [0.2, 0.25) is 0 Å². The molecule has 228 valence electrons. The van der Waals surface area contributed by atoms with Crippen LogP contribution in [0.15, 0.2) is 157 Å². The van der Waals surface area contributed by atoms with Gasteiger partial charge in [0, 0.05) is 38.9 Å². The lowest BCUT2D eigenvalue weighted by atomic mass is 9.87. The van der Waals surface area contributed by atoms with Crippen molar-refractivity contribution in [2.45, 2.75) is 10.6 Å². The molecule has 0 unspecified atom stereocenters. The predicted molar refractivity (Wildman–Crippen MR) is 194 cm³/mol. The van der Waals surface area contributed by atoms with Crippen LogP contribution in [0.4, 0.5) is 0 Å². The van der Waals surface area contributed by atoms with E-state index in [1.54, 1.807) is 36.4 Å². The van der Waals surface area contributed by atoms with Crippen LogP contribution in [0.3, 0.4) is 0 Å². The monoisotopic (exact) mass is 636 g/mol. The lowest BCUT2D eigenvalue weighted by Gasteiger charge is -2.15. The summed E-state index contributed by atoms with van der Waals surface area (Å²) in [7, 11) is -3.57. The van der Waals surface area contributed by atoms with E-state index in [2.05, 4.69) is 60.1 Å². The van der Waals surface area contributed by atoms with E-state index in [0.717, 1.165) is 50.1 Å². The third-order valence-corrected chi connectivity index (χ3v) is 10.0. The van der Waals surface area contributed by atoms with Gasteiger partial charge in [0.15, 0.2) is 16.1 Å². The van der Waals surface area contributed by atoms with Crippen LogP contribution in [0, 0.1) is 23.7 Å². The van der Waals surface area contributed by atoms with Crippen molar-refractivity contribution in [3.63, 3.8) is 0 Å². The number of carbonyl (C=O) groups is 1. The molecule has 0 aromatic heterocycles. The Kier molecular flexibility index (Phi) is 8.42. The minimum atomic E-state index is -3.57. The van der Waals surface area contributed by atoms with Crippen molar-refractivity contribution < 1.29 is 13.2 Å². The molecule has 3 nitrogen and oxygen atoms in total. The van der Waals surface area contributed by atoms with E-state index in [-0.39, 0.29) is 10.6 Å². The first-order valence-electron chi connectivity index (χ1n) is 15.5. The van der Waals surface area contributed by atoms with E-state index in [9.17, 15) is 13.2 Å². The maximum atomic E-state index is 13.3. The molecule has 0 aliphatic carbocycles. The summed E-state index contributed by atoms with van der Waals surface area (Å²) in [6.07, 6.45) is 0.826. The quantitative estimate of drug-likeness (QED) is 0.140. The standard InChI is InChI=1S/C44H28O3S/c45-30-38-16-6-4-12-32(38)22-26-36-28-24-34-14-8-10-20-41(34)43(36)44-37(29-25-35-15-9-11-21-42(35)44)27-23-33-13-5-7-17-39(33)31-48(46,47)40-18-2-1-3-19-40/h1-21,24-25,28-30H,31H2. The van der Waals surface area contributed by atoms with E-state index >= 15 is 0 Å². The third kappa shape index (κ3) is 6.14. The first-order chi connectivity index (χ1) is 23.5. The average Bonchev–Trinajstić information content (AvgIpc) is 3.13. The summed E-state index contributed by atoms with van der Waals surface area (Å²) >= 11 is 0. The van der Waals surface area contributed by atoms with Crippen molar-refractivity contribution in [3.05, 3.63) is 185 Å². The molecule has 7 rings (SSSR count). The van der Waals surface area contributed by atoms with E-state index in [1.165, 1.54) is 0 Å². The minimum absolute atomic E-state index is 0.155. The molecule has 0 saturated heterocycles. The summed E-state index contributed by atoms with van der Waals surface area (Å²) in [4.78, 5) is 12.0. The number of fused-ring (bicyclic) bond motifs is 2. The number of hydrogen-bond acceptors (Lipinski definition) is 3. The molecule has 0 amide bonds. The fourth-order valence-corrected chi connectivity index (χ4v) is 7.36. The lowest BCUT2D eigenvalue weighted by Crippen LogP contribution is -2.06. The second kappa shape index (κ2) is 13.3. The topological polar surface area (TPSA) is 51.2 Å². The number of hydrogen-bond donors (Lipinski definition) is 0. The van der Waals surface area contributed by atoms with Gasteiger partial charge in [0.1, 0.15) is 0 Å². The highest BCUT2D eigenvalue weighted by Crippen LogP contribution is 2.39. The molecule has 0 spiro atoms. The van der Waals surface area contributed by atoms with E-state index in [4.69, 9.17) is 0 Å². The van der Waals surface area contributed by atoms with Crippen LogP contribution in [-0.4, -0.2) is 14.7 Å². The van der Waals surface area contributed by atoms with Crippen LogP contribution >= 0.6 is 0 Å². The molecule has 48 heavy (non-hydrogen) atoms. The van der Waals surface area contributed by atoms with Gasteiger partial charge in [0.05, 0.1) is 10.6 Å². The fourth-order valence-electron chi connectivity index (χ4n) is 5.96. The van der Waals surface area contributed by atoms with Crippen LogP contribution in [0.5, 0.6) is 0 Å². The summed E-state index contributed by atoms with van der Waals surface area (Å²) < 4.78 is 26.6. The predicted octanol–water partition coefficient (Wildman–Crippen LogP) is 9.25. The zero-order valence-electron chi connectivity index (χ0n) is 25.9. The molecule has 4 heteroatoms. The van der Waals surface area contributed by atoms with Crippen LogP contribution in [-0.2, 0) is 15.6 Å². The summed E-state index contributed by atoms with van der Waals surface area (Å²) in [5, 5.41) is 4.18. The van der Waals surface area contributed by atoms with Gasteiger partial charge in [-0.1, -0.05) is 139 Å². The number of carbonyl (C=O) groups excluding carboxylic acids is 1. The van der Waals surface area contributed by atoms with Gasteiger partial charge in [-0.2, -0.15) is 0 Å². The Hall–Kier alpha value is -6.20. The summed E-state index contributed by atoms with van der Waals surface area (Å²) in [6, 6.07) is 47.8. The Balaban J connectivity index is 1.43. The molecule has 0 bridgehead atoms. The maximum absolute atomic E-state index is 13.3. The highest BCUT2D eigenvalue weighted by Gasteiger charge is 2.18. The molecule has 0 N–H and O–H groups in total. The molecule has 0 atom stereocenters. The molecule has 0 aliphatic rings. The van der Waals surface area contributed by atoms with Crippen molar-refractivity contribution in [3.8, 4) is 34.8 Å². The van der Waals surface area contributed by atoms with Crippen LogP contribution < -0.4 is 0 Å². The Bertz CT molecular complexity index is 2580. The normalized spacial score (nSPS) is 10.9. The summed E-state index contributed by atoms with van der Waals surface area (Å²) in [5.41, 5.74) is 5.99. The van der Waals surface area contributed by atoms with Gasteiger partial charge < -0.3 is 0 Å². The molecule has 0 fully saturated rings. The first-order valence-corrected chi connectivity index (χ1v) is 17.1.